The number of anilines is 1. The zero-order chi connectivity index (χ0) is 10.3. The molecule has 1 heterocycles. The number of carbonyl (C=O) groups excluding carboxylic acids is 1. The van der Waals surface area contributed by atoms with E-state index in [0.29, 0.717) is 4.47 Å². The Morgan fingerprint density at radius 1 is 1.43 bits per heavy atom. The molecular weight excluding hydrogens is 260 g/mol. The van der Waals surface area contributed by atoms with Crippen LogP contribution in [0.1, 0.15) is 0 Å². The van der Waals surface area contributed by atoms with Gasteiger partial charge in [0, 0.05) is 4.47 Å². The lowest BCUT2D eigenvalue weighted by Crippen LogP contribution is -2.43. The molecule has 0 unspecified atom stereocenters. The molecule has 1 N–H and O–H groups in total. The fourth-order valence-electron chi connectivity index (χ4n) is 1.07. The van der Waals surface area contributed by atoms with E-state index >= 15 is 0 Å². The second kappa shape index (κ2) is 2.91. The Labute approximate surface area is 86.2 Å². The van der Waals surface area contributed by atoms with Gasteiger partial charge in [0.25, 0.3) is 0 Å². The van der Waals surface area contributed by atoms with Gasteiger partial charge in [0.15, 0.2) is 5.75 Å². The molecule has 2 rings (SSSR count). The molecule has 0 bridgehead atoms. The van der Waals surface area contributed by atoms with Crippen LogP contribution in [0.15, 0.2) is 22.7 Å². The molecule has 1 aromatic rings. The molecule has 0 fully saturated rings. The Morgan fingerprint density at radius 2 is 2.14 bits per heavy atom. The standard InChI is InChI=1S/C8H4BrF2NO2/c9-4-1-2-6-5(3-4)12-7(13)8(10,11)14-6/h1-3H,(H,12,13). The molecule has 1 aliphatic heterocycles. The summed E-state index contributed by atoms with van der Waals surface area (Å²) in [5, 5.41) is 2.05. The number of rotatable bonds is 0. The third kappa shape index (κ3) is 1.45. The first kappa shape index (κ1) is 9.39. The number of hydrogen-bond acceptors (Lipinski definition) is 2. The van der Waals surface area contributed by atoms with Gasteiger partial charge in [0.05, 0.1) is 5.69 Å². The summed E-state index contributed by atoms with van der Waals surface area (Å²) in [6.07, 6.45) is -3.79. The van der Waals surface area contributed by atoms with Crippen molar-refractivity contribution in [2.45, 2.75) is 6.11 Å². The minimum atomic E-state index is -3.79. The average Bonchev–Trinajstić information content (AvgIpc) is 2.08. The fourth-order valence-corrected chi connectivity index (χ4v) is 1.43. The molecular formula is C8H4BrF2NO2. The van der Waals surface area contributed by atoms with E-state index in [1.807, 2.05) is 5.32 Å². The summed E-state index contributed by atoms with van der Waals surface area (Å²) in [7, 11) is 0. The van der Waals surface area contributed by atoms with Crippen LogP contribution in [-0.4, -0.2) is 12.0 Å². The molecule has 6 heteroatoms. The molecule has 74 valence electrons. The molecule has 0 saturated carbocycles. The van der Waals surface area contributed by atoms with Gasteiger partial charge >= 0.3 is 12.0 Å². The number of halogens is 3. The Hall–Kier alpha value is -1.17. The average molecular weight is 264 g/mol. The van der Waals surface area contributed by atoms with Crippen molar-refractivity contribution in [2.75, 3.05) is 5.32 Å². The minimum Gasteiger partial charge on any atom is -0.423 e. The van der Waals surface area contributed by atoms with Crippen LogP contribution in [0.3, 0.4) is 0 Å². The molecule has 14 heavy (non-hydrogen) atoms. The van der Waals surface area contributed by atoms with Gasteiger partial charge in [0.2, 0.25) is 0 Å². The molecule has 0 atom stereocenters. The molecule has 0 radical (unpaired) electrons. The van der Waals surface area contributed by atoms with Crippen molar-refractivity contribution in [3.63, 3.8) is 0 Å². The SMILES string of the molecule is O=C1Nc2cc(Br)ccc2OC1(F)F. The molecule has 0 aliphatic carbocycles. The van der Waals surface area contributed by atoms with Gasteiger partial charge in [-0.25, -0.2) is 0 Å². The quantitative estimate of drug-likeness (QED) is 0.781. The number of fused-ring (bicyclic) bond motifs is 1. The number of hydrogen-bond donors (Lipinski definition) is 1. The summed E-state index contributed by atoms with van der Waals surface area (Å²) in [4.78, 5) is 10.8. The summed E-state index contributed by atoms with van der Waals surface area (Å²) < 4.78 is 30.4. The first-order valence-corrected chi connectivity index (χ1v) is 4.46. The van der Waals surface area contributed by atoms with E-state index in [1.165, 1.54) is 12.1 Å². The third-order valence-electron chi connectivity index (χ3n) is 1.69. The number of amides is 1. The summed E-state index contributed by atoms with van der Waals surface area (Å²) in [6.45, 7) is 0. The summed E-state index contributed by atoms with van der Waals surface area (Å²) >= 11 is 3.14. The second-order valence-corrected chi connectivity index (χ2v) is 3.63. The first-order valence-electron chi connectivity index (χ1n) is 3.67. The van der Waals surface area contributed by atoms with Crippen LogP contribution in [0.25, 0.3) is 0 Å². The lowest BCUT2D eigenvalue weighted by Gasteiger charge is -2.24. The van der Waals surface area contributed by atoms with Crippen LogP contribution in [0, 0.1) is 0 Å². The van der Waals surface area contributed by atoms with Crippen LogP contribution < -0.4 is 10.1 Å². The van der Waals surface area contributed by atoms with Gasteiger partial charge in [0.1, 0.15) is 0 Å². The molecule has 1 aliphatic rings. The van der Waals surface area contributed by atoms with Crippen molar-refractivity contribution < 1.29 is 18.3 Å². The van der Waals surface area contributed by atoms with Gasteiger partial charge in [-0.15, -0.1) is 0 Å². The maximum Gasteiger partial charge on any atom is 0.482 e. The van der Waals surface area contributed by atoms with Crippen LogP contribution in [0.2, 0.25) is 0 Å². The smallest absolute Gasteiger partial charge is 0.423 e. The fraction of sp³-hybridized carbons (Fsp3) is 0.125. The minimum absolute atomic E-state index is 0.0437. The number of benzene rings is 1. The number of nitrogens with one attached hydrogen (secondary N) is 1. The predicted molar refractivity (Wildman–Crippen MR) is 48.3 cm³/mol. The van der Waals surface area contributed by atoms with Crippen LogP contribution >= 0.6 is 15.9 Å². The van der Waals surface area contributed by atoms with Crippen molar-refractivity contribution in [1.82, 2.24) is 0 Å². The van der Waals surface area contributed by atoms with Crippen molar-refractivity contribution in [2.24, 2.45) is 0 Å². The highest BCUT2D eigenvalue weighted by atomic mass is 79.9. The van der Waals surface area contributed by atoms with E-state index < -0.39 is 12.0 Å². The molecule has 0 saturated heterocycles. The maximum absolute atomic E-state index is 12.7. The van der Waals surface area contributed by atoms with Gasteiger partial charge in [-0.2, -0.15) is 8.78 Å². The molecule has 0 aromatic heterocycles. The second-order valence-electron chi connectivity index (χ2n) is 2.71. The lowest BCUT2D eigenvalue weighted by molar-refractivity contribution is -0.189. The van der Waals surface area contributed by atoms with Crippen molar-refractivity contribution in [1.29, 1.82) is 0 Å². The summed E-state index contributed by atoms with van der Waals surface area (Å²) in [5.74, 6) is -1.50. The highest BCUT2D eigenvalue weighted by Gasteiger charge is 2.46. The molecule has 0 spiro atoms. The van der Waals surface area contributed by atoms with Crippen LogP contribution in [0.5, 0.6) is 5.75 Å². The Kier molecular flexibility index (Phi) is 1.95. The van der Waals surface area contributed by atoms with E-state index in [9.17, 15) is 13.6 Å². The van der Waals surface area contributed by atoms with E-state index in [0.717, 1.165) is 0 Å². The van der Waals surface area contributed by atoms with Gasteiger partial charge in [-0.05, 0) is 18.2 Å². The number of carbonyl (C=O) groups is 1. The van der Waals surface area contributed by atoms with Gasteiger partial charge in [-0.1, -0.05) is 15.9 Å². The van der Waals surface area contributed by atoms with Gasteiger partial charge in [-0.3, -0.25) is 4.79 Å². The molecule has 1 amide bonds. The number of alkyl halides is 2. The first-order chi connectivity index (χ1) is 6.49. The Morgan fingerprint density at radius 3 is 2.86 bits per heavy atom. The van der Waals surface area contributed by atoms with Crippen molar-refractivity contribution in [3.05, 3.63) is 22.7 Å². The largest absolute Gasteiger partial charge is 0.482 e. The highest BCUT2D eigenvalue weighted by Crippen LogP contribution is 2.36. The van der Waals surface area contributed by atoms with E-state index in [1.54, 1.807) is 6.07 Å². The highest BCUT2D eigenvalue weighted by molar-refractivity contribution is 9.10. The van der Waals surface area contributed by atoms with Crippen LogP contribution in [0.4, 0.5) is 14.5 Å². The summed E-state index contributed by atoms with van der Waals surface area (Å²) in [6, 6.07) is 4.39. The van der Waals surface area contributed by atoms with Crippen molar-refractivity contribution in [3.8, 4) is 5.75 Å². The third-order valence-corrected chi connectivity index (χ3v) is 2.19. The van der Waals surface area contributed by atoms with Crippen molar-refractivity contribution >= 4 is 27.5 Å². The van der Waals surface area contributed by atoms with E-state index in [-0.39, 0.29) is 11.4 Å². The van der Waals surface area contributed by atoms with E-state index in [4.69, 9.17) is 0 Å². The predicted octanol–water partition coefficient (Wildman–Crippen LogP) is 2.37. The normalized spacial score (nSPS) is 18.1. The molecule has 1 aromatic carbocycles. The Bertz CT molecular complexity index is 408. The zero-order valence-electron chi connectivity index (χ0n) is 6.68. The lowest BCUT2D eigenvalue weighted by atomic mass is 10.2. The number of ether oxygens (including phenoxy) is 1. The van der Waals surface area contributed by atoms with E-state index in [2.05, 4.69) is 20.7 Å². The maximum atomic E-state index is 12.7. The van der Waals surface area contributed by atoms with Gasteiger partial charge < -0.3 is 10.1 Å². The molecule has 3 nitrogen and oxygen atoms in total. The Balaban J connectivity index is 2.46. The van der Waals surface area contributed by atoms with Crippen LogP contribution in [-0.2, 0) is 4.79 Å². The monoisotopic (exact) mass is 263 g/mol. The summed E-state index contributed by atoms with van der Waals surface area (Å²) in [5.41, 5.74) is 0.232. The topological polar surface area (TPSA) is 38.3 Å². The zero-order valence-corrected chi connectivity index (χ0v) is 8.27.